The van der Waals surface area contributed by atoms with Crippen molar-refractivity contribution in [1.82, 2.24) is 14.7 Å². The normalized spacial score (nSPS) is 11.5. The molecule has 0 unspecified atom stereocenters. The van der Waals surface area contributed by atoms with Crippen LogP contribution in [0.2, 0.25) is 5.02 Å². The van der Waals surface area contributed by atoms with Gasteiger partial charge in [0.05, 0.1) is 12.2 Å². The molecular weight excluding hydrogens is 346 g/mol. The van der Waals surface area contributed by atoms with Gasteiger partial charge in [-0.2, -0.15) is 5.10 Å². The zero-order valence-corrected chi connectivity index (χ0v) is 17.0. The summed E-state index contributed by atoms with van der Waals surface area (Å²) in [6.07, 6.45) is 3.54. The molecule has 0 saturated heterocycles. The van der Waals surface area contributed by atoms with Crippen LogP contribution in [0, 0.1) is 19.8 Å². The summed E-state index contributed by atoms with van der Waals surface area (Å²) < 4.78 is 1.94. The monoisotopic (exact) mass is 373 g/mol. The molecule has 1 amide bonds. The summed E-state index contributed by atoms with van der Waals surface area (Å²) in [6, 6.07) is 7.78. The minimum absolute atomic E-state index is 0.0406. The Hall–Kier alpha value is -2.07. The first kappa shape index (κ1) is 20.2. The maximum atomic E-state index is 12.4. The van der Waals surface area contributed by atoms with Crippen LogP contribution in [-0.4, -0.2) is 33.7 Å². The van der Waals surface area contributed by atoms with Gasteiger partial charge in [-0.3, -0.25) is 9.48 Å². The Bertz CT molecular complexity index is 793. The molecular formula is C21H28ClN3O. The third-order valence-corrected chi connectivity index (χ3v) is 4.76. The molecule has 0 bridgehead atoms. The van der Waals surface area contributed by atoms with Crippen LogP contribution in [0.3, 0.4) is 0 Å². The van der Waals surface area contributed by atoms with Gasteiger partial charge in [0.1, 0.15) is 0 Å². The minimum Gasteiger partial charge on any atom is -0.339 e. The van der Waals surface area contributed by atoms with Crippen molar-refractivity contribution < 1.29 is 4.79 Å². The molecule has 140 valence electrons. The predicted octanol–water partition coefficient (Wildman–Crippen LogP) is 4.72. The first-order valence-electron chi connectivity index (χ1n) is 9.07. The zero-order valence-electron chi connectivity index (χ0n) is 16.3. The van der Waals surface area contributed by atoms with Crippen LogP contribution in [0.4, 0.5) is 0 Å². The van der Waals surface area contributed by atoms with Gasteiger partial charge in [-0.05, 0) is 44.4 Å². The van der Waals surface area contributed by atoms with Crippen LogP contribution in [0.1, 0.15) is 43.3 Å². The second kappa shape index (κ2) is 9.04. The molecule has 1 aromatic heterocycles. The maximum absolute atomic E-state index is 12.4. The van der Waals surface area contributed by atoms with Gasteiger partial charge in [0, 0.05) is 35.4 Å². The second-order valence-corrected chi connectivity index (χ2v) is 7.34. The third kappa shape index (κ3) is 4.98. The van der Waals surface area contributed by atoms with Crippen molar-refractivity contribution in [2.24, 2.45) is 5.92 Å². The summed E-state index contributed by atoms with van der Waals surface area (Å²) in [7, 11) is 0. The van der Waals surface area contributed by atoms with Crippen LogP contribution < -0.4 is 0 Å². The molecule has 1 heterocycles. The molecule has 0 aliphatic carbocycles. The highest BCUT2D eigenvalue weighted by molar-refractivity contribution is 6.31. The van der Waals surface area contributed by atoms with Crippen molar-refractivity contribution in [2.45, 2.75) is 41.2 Å². The number of nitrogens with zero attached hydrogens (tertiary/aromatic N) is 3. The van der Waals surface area contributed by atoms with Gasteiger partial charge in [-0.1, -0.05) is 43.6 Å². The van der Waals surface area contributed by atoms with E-state index in [1.165, 1.54) is 0 Å². The first-order valence-corrected chi connectivity index (χ1v) is 9.45. The molecule has 2 rings (SSSR count). The number of benzene rings is 1. The number of hydrogen-bond acceptors (Lipinski definition) is 2. The average molecular weight is 374 g/mol. The van der Waals surface area contributed by atoms with Gasteiger partial charge in [0.25, 0.3) is 0 Å². The number of rotatable bonds is 7. The summed E-state index contributed by atoms with van der Waals surface area (Å²) in [5.74, 6) is 0.494. The molecule has 2 aromatic rings. The molecule has 4 nitrogen and oxygen atoms in total. The molecule has 0 N–H and O–H groups in total. The molecule has 0 aliphatic rings. The summed E-state index contributed by atoms with van der Waals surface area (Å²) in [6.45, 7) is 12.3. The summed E-state index contributed by atoms with van der Waals surface area (Å²) in [5.41, 5.74) is 3.95. The second-order valence-electron chi connectivity index (χ2n) is 6.94. The number of halogens is 1. The molecule has 1 aromatic carbocycles. The number of likely N-dealkylation sites (N-methyl/N-ethyl adjacent to an activating group) is 1. The van der Waals surface area contributed by atoms with Crippen LogP contribution in [0.15, 0.2) is 30.3 Å². The number of hydrogen-bond donors (Lipinski definition) is 0. The number of carbonyl (C=O) groups is 1. The molecule has 0 spiro atoms. The zero-order chi connectivity index (χ0) is 19.3. The van der Waals surface area contributed by atoms with E-state index in [1.54, 1.807) is 6.08 Å². The van der Waals surface area contributed by atoms with E-state index in [0.29, 0.717) is 19.0 Å². The summed E-state index contributed by atoms with van der Waals surface area (Å²) >= 11 is 6.26. The lowest BCUT2D eigenvalue weighted by molar-refractivity contribution is -0.126. The van der Waals surface area contributed by atoms with Crippen molar-refractivity contribution in [2.75, 3.05) is 13.1 Å². The van der Waals surface area contributed by atoms with Gasteiger partial charge in [-0.25, -0.2) is 0 Å². The van der Waals surface area contributed by atoms with E-state index >= 15 is 0 Å². The van der Waals surface area contributed by atoms with Crippen LogP contribution in [0.5, 0.6) is 0 Å². The Balaban J connectivity index is 2.19. The third-order valence-electron chi connectivity index (χ3n) is 4.39. The van der Waals surface area contributed by atoms with Crippen LogP contribution in [-0.2, 0) is 11.3 Å². The van der Waals surface area contributed by atoms with Gasteiger partial charge in [0.15, 0.2) is 0 Å². The highest BCUT2D eigenvalue weighted by Gasteiger charge is 2.13. The predicted molar refractivity (Wildman–Crippen MR) is 108 cm³/mol. The first-order chi connectivity index (χ1) is 12.3. The Morgan fingerprint density at radius 1 is 1.31 bits per heavy atom. The lowest BCUT2D eigenvalue weighted by atomic mass is 10.1. The molecule has 0 atom stereocenters. The van der Waals surface area contributed by atoms with E-state index in [-0.39, 0.29) is 5.91 Å². The van der Waals surface area contributed by atoms with E-state index in [9.17, 15) is 4.79 Å². The van der Waals surface area contributed by atoms with Gasteiger partial charge in [-0.15, -0.1) is 0 Å². The van der Waals surface area contributed by atoms with Crippen molar-refractivity contribution in [3.8, 4) is 0 Å². The Morgan fingerprint density at radius 2 is 2.00 bits per heavy atom. The fourth-order valence-corrected chi connectivity index (χ4v) is 3.17. The molecule has 0 radical (unpaired) electrons. The topological polar surface area (TPSA) is 38.1 Å². The number of aromatic nitrogens is 2. The highest BCUT2D eigenvalue weighted by Crippen LogP contribution is 2.20. The van der Waals surface area contributed by atoms with Gasteiger partial charge in [0.2, 0.25) is 5.91 Å². The lowest BCUT2D eigenvalue weighted by Gasteiger charge is -2.21. The molecule has 0 fully saturated rings. The summed E-state index contributed by atoms with van der Waals surface area (Å²) in [4.78, 5) is 14.3. The van der Waals surface area contributed by atoms with Crippen molar-refractivity contribution >= 4 is 23.6 Å². The number of carbonyl (C=O) groups excluding carboxylic acids is 1. The standard InChI is InChI=1S/C21H28ClN3O/c1-6-24(13-15(2)3)21(26)12-11-19-16(4)23-25(17(19)5)14-18-9-7-8-10-20(18)22/h7-12,15H,6,13-14H2,1-5H3/b12-11+. The van der Waals surface area contributed by atoms with Gasteiger partial charge < -0.3 is 4.90 Å². The van der Waals surface area contributed by atoms with E-state index in [1.807, 2.05) is 60.7 Å². The molecule has 26 heavy (non-hydrogen) atoms. The fourth-order valence-electron chi connectivity index (χ4n) is 2.97. The largest absolute Gasteiger partial charge is 0.339 e. The lowest BCUT2D eigenvalue weighted by Crippen LogP contribution is -2.32. The number of aryl methyl sites for hydroxylation is 1. The number of amides is 1. The smallest absolute Gasteiger partial charge is 0.246 e. The quantitative estimate of drug-likeness (QED) is 0.658. The van der Waals surface area contributed by atoms with Crippen LogP contribution >= 0.6 is 11.6 Å². The SMILES string of the molecule is CCN(CC(C)C)C(=O)/C=C/c1c(C)nn(Cc2ccccc2Cl)c1C. The Labute approximate surface area is 161 Å². The van der Waals surface area contributed by atoms with E-state index < -0.39 is 0 Å². The van der Waals surface area contributed by atoms with E-state index in [4.69, 9.17) is 11.6 Å². The molecule has 0 saturated carbocycles. The maximum Gasteiger partial charge on any atom is 0.246 e. The van der Waals surface area contributed by atoms with Crippen molar-refractivity contribution in [3.05, 3.63) is 57.9 Å². The van der Waals surface area contributed by atoms with Crippen LogP contribution in [0.25, 0.3) is 6.08 Å². The summed E-state index contributed by atoms with van der Waals surface area (Å²) in [5, 5.41) is 5.36. The van der Waals surface area contributed by atoms with E-state index in [2.05, 4.69) is 18.9 Å². The van der Waals surface area contributed by atoms with E-state index in [0.717, 1.165) is 34.1 Å². The Morgan fingerprint density at radius 3 is 2.62 bits per heavy atom. The Kier molecular flexibility index (Phi) is 7.04. The van der Waals surface area contributed by atoms with Crippen molar-refractivity contribution in [3.63, 3.8) is 0 Å². The average Bonchev–Trinajstić information content (AvgIpc) is 2.86. The van der Waals surface area contributed by atoms with Crippen molar-refractivity contribution in [1.29, 1.82) is 0 Å². The fraction of sp³-hybridized carbons (Fsp3) is 0.429. The highest BCUT2D eigenvalue weighted by atomic mass is 35.5. The molecule has 5 heteroatoms. The minimum atomic E-state index is 0.0406. The van der Waals surface area contributed by atoms with Gasteiger partial charge >= 0.3 is 0 Å². The molecule has 0 aliphatic heterocycles.